The molecule has 3 aliphatic rings. The zero-order valence-corrected chi connectivity index (χ0v) is 23.0. The molecule has 1 unspecified atom stereocenters. The molecule has 0 spiro atoms. The molecule has 5 rings (SSSR count). The van der Waals surface area contributed by atoms with Crippen LogP contribution in [-0.4, -0.2) is 70.6 Å². The van der Waals surface area contributed by atoms with Crippen LogP contribution in [0.3, 0.4) is 0 Å². The quantitative estimate of drug-likeness (QED) is 0.486. The number of rotatable bonds is 6. The zero-order chi connectivity index (χ0) is 28.3. The van der Waals surface area contributed by atoms with Crippen LogP contribution >= 0.6 is 0 Å². The van der Waals surface area contributed by atoms with E-state index in [1.54, 1.807) is 18.2 Å². The average Bonchev–Trinajstić information content (AvgIpc) is 3.02. The van der Waals surface area contributed by atoms with Crippen molar-refractivity contribution in [1.29, 1.82) is 0 Å². The summed E-state index contributed by atoms with van der Waals surface area (Å²) in [5, 5.41) is 9.81. The molecule has 2 aromatic carbocycles. The van der Waals surface area contributed by atoms with E-state index in [2.05, 4.69) is 4.74 Å². The largest absolute Gasteiger partial charge is 0.507 e. The van der Waals surface area contributed by atoms with Gasteiger partial charge in [0.2, 0.25) is 0 Å². The van der Waals surface area contributed by atoms with E-state index >= 15 is 0 Å². The molecule has 1 atom stereocenters. The molecule has 40 heavy (non-hydrogen) atoms. The van der Waals surface area contributed by atoms with Gasteiger partial charge in [-0.15, -0.1) is 0 Å². The Balaban J connectivity index is 0.000000194. The third kappa shape index (κ3) is 7.71. The van der Waals surface area contributed by atoms with Gasteiger partial charge in [0.1, 0.15) is 11.5 Å². The van der Waals surface area contributed by atoms with E-state index in [0.29, 0.717) is 43.1 Å². The number of benzene rings is 2. The van der Waals surface area contributed by atoms with Crippen LogP contribution in [0.15, 0.2) is 48.6 Å². The Labute approximate surface area is 234 Å². The number of aromatic hydroxyl groups is 1. The van der Waals surface area contributed by atoms with Crippen LogP contribution in [0.1, 0.15) is 63.9 Å². The summed E-state index contributed by atoms with van der Waals surface area (Å²) < 4.78 is 31.8. The number of phenolic OH excluding ortho intramolecular Hbond substituents is 1. The van der Waals surface area contributed by atoms with Gasteiger partial charge in [-0.25, -0.2) is 9.59 Å². The number of hydrogen-bond donors (Lipinski definition) is 1. The van der Waals surface area contributed by atoms with Crippen LogP contribution < -0.4 is 4.74 Å². The van der Waals surface area contributed by atoms with Gasteiger partial charge < -0.3 is 33.5 Å². The summed E-state index contributed by atoms with van der Waals surface area (Å²) in [6.07, 6.45) is 8.35. The summed E-state index contributed by atoms with van der Waals surface area (Å²) in [5.74, 6) is 0.168. The third-order valence-corrected chi connectivity index (χ3v) is 6.83. The van der Waals surface area contributed by atoms with E-state index in [1.807, 2.05) is 24.3 Å². The van der Waals surface area contributed by atoms with Crippen LogP contribution in [0.25, 0.3) is 11.1 Å². The lowest BCUT2D eigenvalue weighted by Gasteiger charge is -2.25. The Morgan fingerprint density at radius 2 is 1.40 bits per heavy atom. The molecule has 9 nitrogen and oxygen atoms in total. The number of carbonyl (C=O) groups is 2. The van der Waals surface area contributed by atoms with Crippen LogP contribution in [-0.2, 0) is 23.7 Å². The molecule has 0 radical (unpaired) electrons. The Kier molecular flexibility index (Phi) is 10.7. The highest BCUT2D eigenvalue weighted by molar-refractivity contribution is 5.92. The second kappa shape index (κ2) is 14.6. The zero-order valence-electron chi connectivity index (χ0n) is 23.0. The fraction of sp³-hybridized carbons (Fsp3) is 0.419. The van der Waals surface area contributed by atoms with E-state index in [0.717, 1.165) is 61.2 Å². The second-order valence-electron chi connectivity index (χ2n) is 9.45. The maximum atomic E-state index is 11.8. The molecule has 3 heterocycles. The normalized spacial score (nSPS) is 18.8. The predicted octanol–water partition coefficient (Wildman–Crippen LogP) is 5.16. The van der Waals surface area contributed by atoms with Crippen LogP contribution in [0.2, 0.25) is 0 Å². The molecule has 1 fully saturated rings. The Morgan fingerprint density at radius 3 is 1.95 bits per heavy atom. The smallest absolute Gasteiger partial charge is 0.337 e. The lowest BCUT2D eigenvalue weighted by atomic mass is 9.98. The summed E-state index contributed by atoms with van der Waals surface area (Å²) in [6.45, 7) is 3.16. The molecular weight excluding hydrogens is 516 g/mol. The summed E-state index contributed by atoms with van der Waals surface area (Å²) in [4.78, 5) is 23.2. The first-order chi connectivity index (χ1) is 19.5. The first kappa shape index (κ1) is 29.3. The first-order valence-electron chi connectivity index (χ1n) is 13.5. The number of carbonyl (C=O) groups excluding carboxylic acids is 2. The van der Waals surface area contributed by atoms with E-state index in [9.17, 15) is 14.7 Å². The second-order valence-corrected chi connectivity index (χ2v) is 9.45. The van der Waals surface area contributed by atoms with Gasteiger partial charge in [0.05, 0.1) is 58.4 Å². The van der Waals surface area contributed by atoms with Crippen LogP contribution in [0.4, 0.5) is 0 Å². The van der Waals surface area contributed by atoms with Gasteiger partial charge in [0, 0.05) is 17.5 Å². The highest BCUT2D eigenvalue weighted by atomic mass is 16.7. The summed E-state index contributed by atoms with van der Waals surface area (Å²) >= 11 is 0. The molecule has 3 aliphatic heterocycles. The van der Waals surface area contributed by atoms with Crippen molar-refractivity contribution in [3.05, 3.63) is 70.8 Å². The number of phenols is 1. The minimum Gasteiger partial charge on any atom is -0.507 e. The molecule has 214 valence electrons. The highest BCUT2D eigenvalue weighted by Crippen LogP contribution is 2.33. The van der Waals surface area contributed by atoms with Gasteiger partial charge in [0.25, 0.3) is 0 Å². The first-order valence-corrected chi connectivity index (χ1v) is 13.5. The third-order valence-electron chi connectivity index (χ3n) is 6.83. The van der Waals surface area contributed by atoms with Crippen molar-refractivity contribution in [2.45, 2.75) is 38.4 Å². The Morgan fingerprint density at radius 1 is 0.800 bits per heavy atom. The average molecular weight is 553 g/mol. The van der Waals surface area contributed by atoms with E-state index in [-0.39, 0.29) is 18.0 Å². The van der Waals surface area contributed by atoms with Crippen molar-refractivity contribution in [2.24, 2.45) is 0 Å². The van der Waals surface area contributed by atoms with E-state index < -0.39 is 5.97 Å². The fourth-order valence-corrected chi connectivity index (χ4v) is 4.66. The summed E-state index contributed by atoms with van der Waals surface area (Å²) in [6, 6.07) is 10.1. The minimum atomic E-state index is -0.404. The number of methoxy groups -OCH3 is 2. The summed E-state index contributed by atoms with van der Waals surface area (Å²) in [7, 11) is 2.72. The molecule has 9 heteroatoms. The van der Waals surface area contributed by atoms with Gasteiger partial charge in [-0.1, -0.05) is 12.2 Å². The number of ether oxygens (including phenoxy) is 6. The number of esters is 2. The van der Waals surface area contributed by atoms with E-state index in [1.165, 1.54) is 20.3 Å². The van der Waals surface area contributed by atoms with Crippen LogP contribution in [0.5, 0.6) is 11.5 Å². The highest BCUT2D eigenvalue weighted by Gasteiger charge is 2.21. The van der Waals surface area contributed by atoms with Gasteiger partial charge in [-0.3, -0.25) is 0 Å². The van der Waals surface area contributed by atoms with Crippen molar-refractivity contribution in [3.63, 3.8) is 0 Å². The lowest BCUT2D eigenvalue weighted by molar-refractivity contribution is -0.106. The van der Waals surface area contributed by atoms with Crippen molar-refractivity contribution >= 4 is 23.1 Å². The predicted molar refractivity (Wildman–Crippen MR) is 148 cm³/mol. The Hall–Kier alpha value is -3.66. The maximum Gasteiger partial charge on any atom is 0.337 e. The SMILES string of the molecule is COC(=O)c1ccc(O)c(C2=CCOCC2)c1.COC(=O)c1ccc(OC2CCCCO2)c(C2=CCOCC2)c1. The fourth-order valence-electron chi connectivity index (χ4n) is 4.66. The van der Waals surface area contributed by atoms with Gasteiger partial charge >= 0.3 is 11.9 Å². The molecule has 0 amide bonds. The van der Waals surface area contributed by atoms with Gasteiger partial charge in [0.15, 0.2) is 6.29 Å². The number of hydrogen-bond acceptors (Lipinski definition) is 9. The minimum absolute atomic E-state index is 0.172. The molecule has 1 N–H and O–H groups in total. The van der Waals surface area contributed by atoms with E-state index in [4.69, 9.17) is 23.7 Å². The van der Waals surface area contributed by atoms with Gasteiger partial charge in [-0.2, -0.15) is 0 Å². The Bertz CT molecular complexity index is 1240. The molecule has 0 aliphatic carbocycles. The standard InChI is InChI=1S/C18H22O5.C13H14O4/c1-20-18(19)14-5-6-16(23-17-4-2-3-9-22-17)15(12-14)13-7-10-21-11-8-13;1-16-13(15)10-2-3-12(14)11(8-10)9-4-6-17-7-5-9/h5-7,12,17H,2-4,8-11H2,1H3;2-4,8,14H,5-7H2,1H3. The molecular formula is C31H36O9. The topological polar surface area (TPSA) is 110 Å². The molecule has 2 aromatic rings. The lowest BCUT2D eigenvalue weighted by Crippen LogP contribution is -2.25. The van der Waals surface area contributed by atoms with Gasteiger partial charge in [-0.05, 0) is 73.2 Å². The molecule has 1 saturated heterocycles. The monoisotopic (exact) mass is 552 g/mol. The molecule has 0 aromatic heterocycles. The summed E-state index contributed by atoms with van der Waals surface area (Å²) in [5.41, 5.74) is 4.69. The molecule has 0 saturated carbocycles. The van der Waals surface area contributed by atoms with Crippen molar-refractivity contribution in [2.75, 3.05) is 47.3 Å². The van der Waals surface area contributed by atoms with Crippen molar-refractivity contribution in [3.8, 4) is 11.5 Å². The maximum absolute atomic E-state index is 11.8. The molecule has 0 bridgehead atoms. The van der Waals surface area contributed by atoms with Crippen LogP contribution in [0, 0.1) is 0 Å². The van der Waals surface area contributed by atoms with Crippen molar-refractivity contribution < 1.29 is 43.1 Å². The van der Waals surface area contributed by atoms with Crippen molar-refractivity contribution in [1.82, 2.24) is 0 Å².